The fourth-order valence-corrected chi connectivity index (χ4v) is 2.57. The lowest BCUT2D eigenvalue weighted by Gasteiger charge is -2.15. The van der Waals surface area contributed by atoms with Crippen molar-refractivity contribution in [2.24, 2.45) is 0 Å². The lowest BCUT2D eigenvalue weighted by Crippen LogP contribution is -2.34. The maximum atomic E-state index is 12.2. The maximum Gasteiger partial charge on any atom is 0.299 e. The van der Waals surface area contributed by atoms with Crippen molar-refractivity contribution < 1.29 is 14.4 Å². The second-order valence-corrected chi connectivity index (χ2v) is 5.05. The van der Waals surface area contributed by atoms with Crippen LogP contribution in [0.5, 0.6) is 0 Å². The Balaban J connectivity index is 1.94. The van der Waals surface area contributed by atoms with E-state index in [1.54, 1.807) is 48.5 Å². The quantitative estimate of drug-likeness (QED) is 0.647. The number of hydrogen-bond donors (Lipinski definition) is 0. The standard InChI is InChI=1S/C16H10ClNO3/c17-11-7-4-8-12-14(11)15(20)16(21)18(12)9-13(19)10-5-2-1-3-6-10/h1-8H,9H2. The summed E-state index contributed by atoms with van der Waals surface area (Å²) in [6.07, 6.45) is 0. The number of carbonyl (C=O) groups excluding carboxylic acids is 3. The Bertz CT molecular complexity index is 755. The van der Waals surface area contributed by atoms with Gasteiger partial charge in [-0.25, -0.2) is 0 Å². The SMILES string of the molecule is O=C(CN1C(=O)C(=O)c2c(Cl)cccc21)c1ccccc1. The molecule has 0 atom stereocenters. The van der Waals surface area contributed by atoms with Gasteiger partial charge in [0.2, 0.25) is 0 Å². The van der Waals surface area contributed by atoms with Gasteiger partial charge in [0, 0.05) is 5.56 Å². The first kappa shape index (κ1) is 13.5. The predicted octanol–water partition coefficient (Wildman–Crippen LogP) is 2.75. The van der Waals surface area contributed by atoms with E-state index in [0.29, 0.717) is 11.3 Å². The topological polar surface area (TPSA) is 54.5 Å². The summed E-state index contributed by atoms with van der Waals surface area (Å²) in [4.78, 5) is 37.4. The number of amides is 1. The molecule has 5 heteroatoms. The lowest BCUT2D eigenvalue weighted by molar-refractivity contribution is -0.114. The first-order valence-electron chi connectivity index (χ1n) is 6.32. The first-order valence-corrected chi connectivity index (χ1v) is 6.70. The minimum absolute atomic E-state index is 0.171. The molecule has 0 N–H and O–H groups in total. The highest BCUT2D eigenvalue weighted by Gasteiger charge is 2.38. The third-order valence-electron chi connectivity index (χ3n) is 3.35. The van der Waals surface area contributed by atoms with Crippen LogP contribution in [0, 0.1) is 0 Å². The van der Waals surface area contributed by atoms with Crippen molar-refractivity contribution in [1.29, 1.82) is 0 Å². The molecule has 2 aromatic carbocycles. The molecule has 4 nitrogen and oxygen atoms in total. The molecule has 0 aliphatic carbocycles. The Kier molecular flexibility index (Phi) is 3.31. The van der Waals surface area contributed by atoms with Gasteiger partial charge in [-0.2, -0.15) is 0 Å². The average Bonchev–Trinajstić information content (AvgIpc) is 2.74. The summed E-state index contributed by atoms with van der Waals surface area (Å²) in [6.45, 7) is -0.179. The highest BCUT2D eigenvalue weighted by molar-refractivity contribution is 6.55. The number of ketones is 2. The van der Waals surface area contributed by atoms with Crippen LogP contribution in [0.15, 0.2) is 48.5 Å². The number of anilines is 1. The molecule has 1 heterocycles. The highest BCUT2D eigenvalue weighted by Crippen LogP contribution is 2.34. The van der Waals surface area contributed by atoms with Crippen molar-refractivity contribution >= 4 is 34.8 Å². The minimum atomic E-state index is -0.720. The molecule has 21 heavy (non-hydrogen) atoms. The van der Waals surface area contributed by atoms with Crippen LogP contribution in [0.4, 0.5) is 5.69 Å². The van der Waals surface area contributed by atoms with E-state index >= 15 is 0 Å². The number of halogens is 1. The van der Waals surface area contributed by atoms with Crippen LogP contribution < -0.4 is 4.90 Å². The number of Topliss-reactive ketones (excluding diaryl/α,β-unsaturated/α-hetero) is 2. The smallest absolute Gasteiger partial charge is 0.297 e. The zero-order valence-corrected chi connectivity index (χ0v) is 11.6. The molecule has 1 aliphatic heterocycles. The summed E-state index contributed by atoms with van der Waals surface area (Å²) >= 11 is 5.96. The molecule has 0 radical (unpaired) electrons. The summed E-state index contributed by atoms with van der Waals surface area (Å²) < 4.78 is 0. The molecule has 0 bridgehead atoms. The van der Waals surface area contributed by atoms with Crippen molar-refractivity contribution in [1.82, 2.24) is 0 Å². The van der Waals surface area contributed by atoms with E-state index < -0.39 is 11.7 Å². The largest absolute Gasteiger partial charge is 0.299 e. The van der Waals surface area contributed by atoms with Crippen molar-refractivity contribution in [3.63, 3.8) is 0 Å². The summed E-state index contributed by atoms with van der Waals surface area (Å²) in [5.74, 6) is -1.62. The second-order valence-electron chi connectivity index (χ2n) is 4.64. The van der Waals surface area contributed by atoms with Gasteiger partial charge in [-0.1, -0.05) is 48.0 Å². The molecule has 2 aromatic rings. The van der Waals surface area contributed by atoms with Gasteiger partial charge in [-0.05, 0) is 12.1 Å². The highest BCUT2D eigenvalue weighted by atomic mass is 35.5. The monoisotopic (exact) mass is 299 g/mol. The van der Waals surface area contributed by atoms with E-state index in [-0.39, 0.29) is 22.9 Å². The van der Waals surface area contributed by atoms with Crippen LogP contribution >= 0.6 is 11.6 Å². The lowest BCUT2D eigenvalue weighted by atomic mass is 10.1. The van der Waals surface area contributed by atoms with Gasteiger partial charge in [-0.3, -0.25) is 19.3 Å². The first-order chi connectivity index (χ1) is 10.1. The summed E-state index contributed by atoms with van der Waals surface area (Å²) in [6, 6.07) is 13.4. The molecule has 0 aromatic heterocycles. The van der Waals surface area contributed by atoms with Crippen LogP contribution in [-0.2, 0) is 4.79 Å². The Morgan fingerprint density at radius 1 is 1.00 bits per heavy atom. The van der Waals surface area contributed by atoms with E-state index in [9.17, 15) is 14.4 Å². The van der Waals surface area contributed by atoms with Crippen LogP contribution in [0.2, 0.25) is 5.02 Å². The predicted molar refractivity (Wildman–Crippen MR) is 78.9 cm³/mol. The number of hydrogen-bond acceptors (Lipinski definition) is 3. The van der Waals surface area contributed by atoms with Gasteiger partial charge in [-0.15, -0.1) is 0 Å². The molecule has 104 valence electrons. The van der Waals surface area contributed by atoms with Gasteiger partial charge >= 0.3 is 0 Å². The zero-order chi connectivity index (χ0) is 15.0. The normalized spacial score (nSPS) is 13.5. The maximum absolute atomic E-state index is 12.2. The minimum Gasteiger partial charge on any atom is -0.297 e. The molecule has 0 fully saturated rings. The molecule has 0 saturated carbocycles. The Hall–Kier alpha value is -2.46. The van der Waals surface area contributed by atoms with E-state index in [2.05, 4.69) is 0 Å². The molecular weight excluding hydrogens is 290 g/mol. The molecule has 0 unspecified atom stereocenters. The summed E-state index contributed by atoms with van der Waals surface area (Å²) in [5, 5.41) is 0.223. The molecular formula is C16H10ClNO3. The molecule has 3 rings (SSSR count). The zero-order valence-electron chi connectivity index (χ0n) is 10.9. The van der Waals surface area contributed by atoms with Crippen molar-refractivity contribution in [2.75, 3.05) is 11.4 Å². The number of fused-ring (bicyclic) bond motifs is 1. The van der Waals surface area contributed by atoms with Crippen molar-refractivity contribution in [2.45, 2.75) is 0 Å². The molecule has 0 spiro atoms. The third-order valence-corrected chi connectivity index (χ3v) is 3.66. The van der Waals surface area contributed by atoms with Crippen LogP contribution in [-0.4, -0.2) is 24.0 Å². The van der Waals surface area contributed by atoms with Gasteiger partial charge in [0.05, 0.1) is 22.8 Å². The Labute approximate surface area is 125 Å². The van der Waals surface area contributed by atoms with Gasteiger partial charge < -0.3 is 0 Å². The van der Waals surface area contributed by atoms with E-state index in [1.165, 1.54) is 4.90 Å². The fraction of sp³-hybridized carbons (Fsp3) is 0.0625. The van der Waals surface area contributed by atoms with Gasteiger partial charge in [0.15, 0.2) is 5.78 Å². The Morgan fingerprint density at radius 3 is 2.43 bits per heavy atom. The second kappa shape index (κ2) is 5.14. The number of nitrogens with zero attached hydrogens (tertiary/aromatic N) is 1. The number of rotatable bonds is 3. The summed E-state index contributed by atoms with van der Waals surface area (Å²) in [7, 11) is 0. The van der Waals surface area contributed by atoms with E-state index in [0.717, 1.165) is 0 Å². The average molecular weight is 300 g/mol. The number of benzene rings is 2. The third kappa shape index (κ3) is 2.23. The van der Waals surface area contributed by atoms with Crippen LogP contribution in [0.1, 0.15) is 20.7 Å². The van der Waals surface area contributed by atoms with E-state index in [1.807, 2.05) is 0 Å². The van der Waals surface area contributed by atoms with E-state index in [4.69, 9.17) is 11.6 Å². The molecule has 1 amide bonds. The summed E-state index contributed by atoms with van der Waals surface area (Å²) in [5.41, 5.74) is 1.06. The Morgan fingerprint density at radius 2 is 1.71 bits per heavy atom. The fourth-order valence-electron chi connectivity index (χ4n) is 2.32. The van der Waals surface area contributed by atoms with Crippen LogP contribution in [0.25, 0.3) is 0 Å². The number of carbonyl (C=O) groups is 3. The van der Waals surface area contributed by atoms with Gasteiger partial charge in [0.25, 0.3) is 11.7 Å². The van der Waals surface area contributed by atoms with Gasteiger partial charge in [0.1, 0.15) is 0 Å². The molecule has 0 saturated heterocycles. The van der Waals surface area contributed by atoms with Crippen molar-refractivity contribution in [3.8, 4) is 0 Å². The van der Waals surface area contributed by atoms with Crippen molar-refractivity contribution in [3.05, 3.63) is 64.7 Å². The van der Waals surface area contributed by atoms with Crippen LogP contribution in [0.3, 0.4) is 0 Å². The molecule has 1 aliphatic rings.